The van der Waals surface area contributed by atoms with Gasteiger partial charge in [0.25, 0.3) is 0 Å². The van der Waals surface area contributed by atoms with Crippen LogP contribution in [0.25, 0.3) is 0 Å². The minimum Gasteiger partial charge on any atom is -0.434 e. The Morgan fingerprint density at radius 1 is 1.14 bits per heavy atom. The molecule has 0 amide bonds. The Morgan fingerprint density at radius 3 is 2.46 bits per heavy atom. The summed E-state index contributed by atoms with van der Waals surface area (Å²) in [6, 6.07) is 10.6. The van der Waals surface area contributed by atoms with Crippen LogP contribution in [0.5, 0.6) is 11.6 Å². The first-order valence-electron chi connectivity index (χ1n) is 8.28. The largest absolute Gasteiger partial charge is 0.434 e. The fourth-order valence-corrected chi connectivity index (χ4v) is 2.94. The fraction of sp³-hybridized carbons (Fsp3) is 0.158. The summed E-state index contributed by atoms with van der Waals surface area (Å²) in [7, 11) is 0. The number of nitro groups is 1. The first-order chi connectivity index (χ1) is 13.4. The second kappa shape index (κ2) is 8.41. The monoisotopic (exact) mass is 418 g/mol. The molecule has 0 radical (unpaired) electrons. The van der Waals surface area contributed by atoms with Crippen LogP contribution in [0.3, 0.4) is 0 Å². The Kier molecular flexibility index (Phi) is 5.96. The van der Waals surface area contributed by atoms with E-state index in [-0.39, 0.29) is 23.9 Å². The lowest BCUT2D eigenvalue weighted by Gasteiger charge is -2.11. The molecule has 0 fully saturated rings. The zero-order chi connectivity index (χ0) is 20.3. The van der Waals surface area contributed by atoms with Gasteiger partial charge in [0.1, 0.15) is 12.1 Å². The third-order valence-electron chi connectivity index (χ3n) is 4.00. The number of rotatable bonds is 6. The van der Waals surface area contributed by atoms with Crippen molar-refractivity contribution in [3.8, 4) is 11.6 Å². The number of halogens is 2. The van der Waals surface area contributed by atoms with Crippen LogP contribution in [0, 0.1) is 24.0 Å². The molecule has 144 valence electrons. The van der Waals surface area contributed by atoms with Gasteiger partial charge in [-0.05, 0) is 48.7 Å². The molecule has 3 rings (SSSR count). The van der Waals surface area contributed by atoms with Crippen LogP contribution in [0.4, 0.5) is 11.5 Å². The van der Waals surface area contributed by atoms with Gasteiger partial charge in [-0.3, -0.25) is 10.1 Å². The second-order valence-corrected chi connectivity index (χ2v) is 6.84. The van der Waals surface area contributed by atoms with E-state index in [1.54, 1.807) is 24.3 Å². The first-order valence-corrected chi connectivity index (χ1v) is 9.03. The van der Waals surface area contributed by atoms with Crippen molar-refractivity contribution >= 4 is 34.7 Å². The normalized spacial score (nSPS) is 10.6. The van der Waals surface area contributed by atoms with Gasteiger partial charge in [-0.1, -0.05) is 41.4 Å². The molecule has 2 aromatic carbocycles. The first kappa shape index (κ1) is 19.9. The Bertz CT molecular complexity index is 1020. The lowest BCUT2D eigenvalue weighted by molar-refractivity contribution is -0.385. The molecule has 0 saturated heterocycles. The number of aryl methyl sites for hydroxylation is 2. The second-order valence-electron chi connectivity index (χ2n) is 6.05. The maximum atomic E-state index is 11.7. The molecule has 0 spiro atoms. The molecule has 0 saturated carbocycles. The van der Waals surface area contributed by atoms with E-state index in [0.717, 1.165) is 16.7 Å². The molecule has 1 N–H and O–H groups in total. The van der Waals surface area contributed by atoms with E-state index in [0.29, 0.717) is 15.8 Å². The maximum Gasteiger partial charge on any atom is 0.373 e. The van der Waals surface area contributed by atoms with Crippen molar-refractivity contribution in [2.45, 2.75) is 20.4 Å². The highest BCUT2D eigenvalue weighted by Gasteiger charge is 2.25. The number of ether oxygens (including phenoxy) is 1. The number of nitrogens with zero attached hydrogens (tertiary/aromatic N) is 3. The van der Waals surface area contributed by atoms with Crippen molar-refractivity contribution in [3.05, 3.63) is 79.6 Å². The molecule has 0 bridgehead atoms. The zero-order valence-electron chi connectivity index (χ0n) is 15.1. The lowest BCUT2D eigenvalue weighted by atomic mass is 10.1. The van der Waals surface area contributed by atoms with E-state index >= 15 is 0 Å². The molecular formula is C19H16Cl2N4O3. The predicted octanol–water partition coefficient (Wildman–Crippen LogP) is 5.71. The van der Waals surface area contributed by atoms with Gasteiger partial charge in [0.15, 0.2) is 0 Å². The molecule has 1 aromatic heterocycles. The topological polar surface area (TPSA) is 90.2 Å². The lowest BCUT2D eigenvalue weighted by Crippen LogP contribution is -2.07. The molecule has 9 heteroatoms. The van der Waals surface area contributed by atoms with E-state index in [9.17, 15) is 10.1 Å². The molecule has 1 heterocycles. The van der Waals surface area contributed by atoms with Gasteiger partial charge in [-0.25, -0.2) is 4.98 Å². The minimum atomic E-state index is -0.583. The average Bonchev–Trinajstić information content (AvgIpc) is 2.65. The molecule has 3 aromatic rings. The van der Waals surface area contributed by atoms with Gasteiger partial charge in [0, 0.05) is 16.6 Å². The van der Waals surface area contributed by atoms with E-state index in [2.05, 4.69) is 15.3 Å². The number of hydrogen-bond donors (Lipinski definition) is 1. The van der Waals surface area contributed by atoms with Crippen LogP contribution >= 0.6 is 23.2 Å². The van der Waals surface area contributed by atoms with Crippen molar-refractivity contribution in [1.29, 1.82) is 0 Å². The molecule has 0 atom stereocenters. The third kappa shape index (κ3) is 4.32. The van der Waals surface area contributed by atoms with Crippen LogP contribution in [0.1, 0.15) is 16.7 Å². The van der Waals surface area contributed by atoms with E-state index < -0.39 is 4.92 Å². The average molecular weight is 419 g/mol. The number of aromatic nitrogens is 2. The zero-order valence-corrected chi connectivity index (χ0v) is 16.6. The van der Waals surface area contributed by atoms with Crippen LogP contribution in [0.2, 0.25) is 10.0 Å². The minimum absolute atomic E-state index is 0.0392. The summed E-state index contributed by atoms with van der Waals surface area (Å²) in [6.45, 7) is 3.91. The van der Waals surface area contributed by atoms with Gasteiger partial charge in [-0.2, -0.15) is 4.98 Å². The molecule has 7 nitrogen and oxygen atoms in total. The van der Waals surface area contributed by atoms with E-state index in [1.807, 2.05) is 26.0 Å². The number of nitrogens with one attached hydrogen (secondary N) is 1. The van der Waals surface area contributed by atoms with Gasteiger partial charge in [0.05, 0.1) is 4.92 Å². The van der Waals surface area contributed by atoms with Crippen molar-refractivity contribution in [2.75, 3.05) is 5.32 Å². The van der Waals surface area contributed by atoms with Crippen molar-refractivity contribution in [2.24, 2.45) is 0 Å². The Hall–Kier alpha value is -2.90. The Balaban J connectivity index is 1.91. The molecule has 0 aliphatic rings. The number of anilines is 1. The third-order valence-corrected chi connectivity index (χ3v) is 4.96. The summed E-state index contributed by atoms with van der Waals surface area (Å²) in [4.78, 5) is 19.0. The Labute approximate surface area is 171 Å². The van der Waals surface area contributed by atoms with Crippen LogP contribution in [0.15, 0.2) is 42.7 Å². The summed E-state index contributed by atoms with van der Waals surface area (Å²) >= 11 is 12.3. The summed E-state index contributed by atoms with van der Waals surface area (Å²) in [6.07, 6.45) is 1.20. The van der Waals surface area contributed by atoms with E-state index in [1.165, 1.54) is 6.33 Å². The highest BCUT2D eigenvalue weighted by atomic mass is 35.5. The SMILES string of the molecule is Cc1cc(Oc2ncnc(NCc3ccccc3Cl)c2[N+](=O)[O-])cc(C)c1Cl. The van der Waals surface area contributed by atoms with Crippen molar-refractivity contribution < 1.29 is 9.66 Å². The van der Waals surface area contributed by atoms with Gasteiger partial charge in [-0.15, -0.1) is 0 Å². The Morgan fingerprint density at radius 2 is 1.82 bits per heavy atom. The predicted molar refractivity (Wildman–Crippen MR) is 108 cm³/mol. The van der Waals surface area contributed by atoms with Crippen molar-refractivity contribution in [3.63, 3.8) is 0 Å². The standard InChI is InChI=1S/C19H16Cl2N4O3/c1-11-7-14(8-12(2)16(11)21)28-19-17(25(26)27)18(23-10-24-19)22-9-13-5-3-4-6-15(13)20/h3-8,10H,9H2,1-2H3,(H,22,23,24). The summed E-state index contributed by atoms with van der Waals surface area (Å²) < 4.78 is 5.69. The van der Waals surface area contributed by atoms with Gasteiger partial charge in [0.2, 0.25) is 5.82 Å². The highest BCUT2D eigenvalue weighted by Crippen LogP contribution is 2.36. The van der Waals surface area contributed by atoms with Crippen LogP contribution < -0.4 is 10.1 Å². The number of benzene rings is 2. The molecule has 0 aliphatic carbocycles. The highest BCUT2D eigenvalue weighted by molar-refractivity contribution is 6.32. The maximum absolute atomic E-state index is 11.7. The summed E-state index contributed by atoms with van der Waals surface area (Å²) in [5.74, 6) is 0.276. The van der Waals surface area contributed by atoms with Gasteiger partial charge < -0.3 is 10.1 Å². The summed E-state index contributed by atoms with van der Waals surface area (Å²) in [5.41, 5.74) is 2.01. The molecular weight excluding hydrogens is 403 g/mol. The number of hydrogen-bond acceptors (Lipinski definition) is 6. The smallest absolute Gasteiger partial charge is 0.373 e. The molecule has 0 aliphatic heterocycles. The summed E-state index contributed by atoms with van der Waals surface area (Å²) in [5, 5.41) is 15.8. The van der Waals surface area contributed by atoms with Crippen LogP contribution in [-0.4, -0.2) is 14.9 Å². The molecule has 28 heavy (non-hydrogen) atoms. The fourth-order valence-electron chi connectivity index (χ4n) is 2.63. The van der Waals surface area contributed by atoms with Crippen molar-refractivity contribution in [1.82, 2.24) is 9.97 Å². The van der Waals surface area contributed by atoms with Crippen LogP contribution in [-0.2, 0) is 6.54 Å². The van der Waals surface area contributed by atoms with E-state index in [4.69, 9.17) is 27.9 Å². The van der Waals surface area contributed by atoms with Gasteiger partial charge >= 0.3 is 11.6 Å². The quantitative estimate of drug-likeness (QED) is 0.406. The molecule has 0 unspecified atom stereocenters.